The summed E-state index contributed by atoms with van der Waals surface area (Å²) in [4.78, 5) is 14.2. The first kappa shape index (κ1) is 9.94. The van der Waals surface area contributed by atoms with Gasteiger partial charge < -0.3 is 10.1 Å². The fourth-order valence-corrected chi connectivity index (χ4v) is 2.76. The van der Waals surface area contributed by atoms with Crippen LogP contribution in [-0.2, 0) is 17.6 Å². The number of hydrogen-bond donors (Lipinski definition) is 2. The smallest absolute Gasteiger partial charge is 0.303 e. The highest BCUT2D eigenvalue weighted by molar-refractivity contribution is 5.67. The van der Waals surface area contributed by atoms with Crippen molar-refractivity contribution in [1.29, 1.82) is 0 Å². The molecule has 1 aromatic heterocycles. The zero-order valence-electron chi connectivity index (χ0n) is 9.33. The van der Waals surface area contributed by atoms with Gasteiger partial charge >= 0.3 is 5.97 Å². The van der Waals surface area contributed by atoms with E-state index < -0.39 is 5.97 Å². The molecule has 1 fully saturated rings. The molecule has 1 atom stereocenters. The molecule has 2 aliphatic rings. The van der Waals surface area contributed by atoms with E-state index in [0.717, 1.165) is 25.2 Å². The largest absolute Gasteiger partial charge is 0.481 e. The number of hydrogen-bond acceptors (Lipinski definition) is 1. The molecular formula is C13H17NO2. The highest BCUT2D eigenvalue weighted by Gasteiger charge is 2.28. The third-order valence-corrected chi connectivity index (χ3v) is 3.81. The average molecular weight is 219 g/mol. The van der Waals surface area contributed by atoms with Crippen LogP contribution in [0.15, 0.2) is 6.07 Å². The molecule has 1 unspecified atom stereocenters. The molecule has 0 saturated heterocycles. The summed E-state index contributed by atoms with van der Waals surface area (Å²) >= 11 is 0. The van der Waals surface area contributed by atoms with Gasteiger partial charge in [-0.25, -0.2) is 0 Å². The van der Waals surface area contributed by atoms with Crippen molar-refractivity contribution in [2.24, 2.45) is 5.92 Å². The van der Waals surface area contributed by atoms with Crippen LogP contribution >= 0.6 is 0 Å². The van der Waals surface area contributed by atoms with Crippen molar-refractivity contribution in [3.63, 3.8) is 0 Å². The van der Waals surface area contributed by atoms with E-state index >= 15 is 0 Å². The average Bonchev–Trinajstić information content (AvgIpc) is 2.98. The maximum absolute atomic E-state index is 10.7. The molecule has 86 valence electrons. The van der Waals surface area contributed by atoms with Crippen LogP contribution in [-0.4, -0.2) is 16.1 Å². The molecule has 0 bridgehead atoms. The summed E-state index contributed by atoms with van der Waals surface area (Å²) in [5.74, 6) is 0.432. The van der Waals surface area contributed by atoms with E-state index in [9.17, 15) is 4.79 Å². The van der Waals surface area contributed by atoms with Crippen LogP contribution in [0.25, 0.3) is 0 Å². The number of aromatic amines is 1. The summed E-state index contributed by atoms with van der Waals surface area (Å²) in [6.07, 6.45) is 5.96. The van der Waals surface area contributed by atoms with Crippen molar-refractivity contribution in [2.75, 3.05) is 0 Å². The summed E-state index contributed by atoms with van der Waals surface area (Å²) in [6, 6.07) is 2.31. The van der Waals surface area contributed by atoms with Crippen LogP contribution in [0, 0.1) is 5.92 Å². The van der Waals surface area contributed by atoms with E-state index in [4.69, 9.17) is 5.11 Å². The first-order valence-corrected chi connectivity index (χ1v) is 6.15. The molecule has 0 radical (unpaired) electrons. The van der Waals surface area contributed by atoms with Crippen molar-refractivity contribution < 1.29 is 9.90 Å². The second kappa shape index (κ2) is 3.65. The van der Waals surface area contributed by atoms with E-state index in [0.29, 0.717) is 12.3 Å². The second-order valence-corrected chi connectivity index (χ2v) is 5.21. The molecule has 0 aromatic carbocycles. The van der Waals surface area contributed by atoms with E-state index in [1.54, 1.807) is 0 Å². The molecule has 0 amide bonds. The Balaban J connectivity index is 1.74. The van der Waals surface area contributed by atoms with Gasteiger partial charge in [-0.15, -0.1) is 0 Å². The number of rotatable bonds is 3. The number of aliphatic carboxylic acids is 1. The van der Waals surface area contributed by atoms with Gasteiger partial charge in [-0.3, -0.25) is 4.79 Å². The van der Waals surface area contributed by atoms with Gasteiger partial charge in [0, 0.05) is 17.8 Å². The number of aromatic nitrogens is 1. The van der Waals surface area contributed by atoms with Crippen LogP contribution in [0.3, 0.4) is 0 Å². The van der Waals surface area contributed by atoms with Gasteiger partial charge in [-0.1, -0.05) is 0 Å². The first-order chi connectivity index (χ1) is 7.72. The predicted octanol–water partition coefficient (Wildman–Crippen LogP) is 2.47. The lowest BCUT2D eigenvalue weighted by molar-refractivity contribution is -0.138. The minimum atomic E-state index is -0.664. The van der Waals surface area contributed by atoms with Crippen molar-refractivity contribution in [2.45, 2.75) is 44.4 Å². The Morgan fingerprint density at radius 1 is 1.44 bits per heavy atom. The molecule has 3 nitrogen and oxygen atoms in total. The van der Waals surface area contributed by atoms with Gasteiger partial charge in [0.1, 0.15) is 0 Å². The number of aryl methyl sites for hydroxylation is 1. The summed E-state index contributed by atoms with van der Waals surface area (Å²) in [5, 5.41) is 8.81. The summed E-state index contributed by atoms with van der Waals surface area (Å²) in [6.45, 7) is 0. The number of fused-ring (bicyclic) bond motifs is 1. The lowest BCUT2D eigenvalue weighted by Gasteiger charge is -2.20. The standard InChI is InChI=1S/C13H17NO2/c15-13(16)6-8-1-2-10-7-12(9-3-4-9)14-11(10)5-8/h7-9,14H,1-6H2,(H,15,16). The lowest BCUT2D eigenvalue weighted by Crippen LogP contribution is -2.16. The fraction of sp³-hybridized carbons (Fsp3) is 0.615. The van der Waals surface area contributed by atoms with E-state index in [-0.39, 0.29) is 0 Å². The summed E-state index contributed by atoms with van der Waals surface area (Å²) < 4.78 is 0. The van der Waals surface area contributed by atoms with Gasteiger partial charge in [0.15, 0.2) is 0 Å². The van der Waals surface area contributed by atoms with Gasteiger partial charge in [0.2, 0.25) is 0 Å². The molecule has 1 heterocycles. The highest BCUT2D eigenvalue weighted by Crippen LogP contribution is 2.41. The monoisotopic (exact) mass is 219 g/mol. The third kappa shape index (κ3) is 1.86. The molecule has 3 rings (SSSR count). The number of H-pyrrole nitrogens is 1. The topological polar surface area (TPSA) is 53.1 Å². The fourth-order valence-electron chi connectivity index (χ4n) is 2.76. The number of nitrogens with one attached hydrogen (secondary N) is 1. The Labute approximate surface area is 94.9 Å². The van der Waals surface area contributed by atoms with E-state index in [2.05, 4.69) is 11.1 Å². The van der Waals surface area contributed by atoms with Crippen molar-refractivity contribution in [1.82, 2.24) is 4.98 Å². The zero-order chi connectivity index (χ0) is 11.1. The van der Waals surface area contributed by atoms with Gasteiger partial charge in [-0.2, -0.15) is 0 Å². The van der Waals surface area contributed by atoms with Gasteiger partial charge in [0.25, 0.3) is 0 Å². The van der Waals surface area contributed by atoms with Crippen molar-refractivity contribution in [3.8, 4) is 0 Å². The number of carboxylic acids is 1. The zero-order valence-corrected chi connectivity index (χ0v) is 9.33. The maximum Gasteiger partial charge on any atom is 0.303 e. The molecule has 3 heteroatoms. The second-order valence-electron chi connectivity index (χ2n) is 5.21. The molecule has 0 spiro atoms. The molecule has 2 aliphatic carbocycles. The number of carbonyl (C=O) groups is 1. The van der Waals surface area contributed by atoms with Crippen molar-refractivity contribution >= 4 is 5.97 Å². The van der Waals surface area contributed by atoms with Crippen LogP contribution in [0.5, 0.6) is 0 Å². The maximum atomic E-state index is 10.7. The third-order valence-electron chi connectivity index (χ3n) is 3.81. The lowest BCUT2D eigenvalue weighted by atomic mass is 9.86. The summed E-state index contributed by atoms with van der Waals surface area (Å²) in [5.41, 5.74) is 4.13. The van der Waals surface area contributed by atoms with Crippen molar-refractivity contribution in [3.05, 3.63) is 23.0 Å². The number of carboxylic acid groups (broad SMARTS) is 1. The van der Waals surface area contributed by atoms with Crippen LogP contribution in [0.2, 0.25) is 0 Å². The Hall–Kier alpha value is -1.25. The summed E-state index contributed by atoms with van der Waals surface area (Å²) in [7, 11) is 0. The normalized spacial score (nSPS) is 24.1. The van der Waals surface area contributed by atoms with Gasteiger partial charge in [0.05, 0.1) is 0 Å². The molecule has 1 aromatic rings. The molecular weight excluding hydrogens is 202 g/mol. The minimum absolute atomic E-state index is 0.317. The van der Waals surface area contributed by atoms with E-state index in [1.807, 2.05) is 0 Å². The minimum Gasteiger partial charge on any atom is -0.481 e. The first-order valence-electron chi connectivity index (χ1n) is 6.15. The van der Waals surface area contributed by atoms with Crippen LogP contribution in [0.4, 0.5) is 0 Å². The SMILES string of the molecule is O=C(O)CC1CCc2cc(C3CC3)[nH]c2C1. The predicted molar refractivity (Wildman–Crippen MR) is 60.5 cm³/mol. The quantitative estimate of drug-likeness (QED) is 0.820. The van der Waals surface area contributed by atoms with Crippen LogP contribution < -0.4 is 0 Å². The Bertz CT molecular complexity index is 418. The molecule has 1 saturated carbocycles. The molecule has 16 heavy (non-hydrogen) atoms. The van der Waals surface area contributed by atoms with Crippen LogP contribution in [0.1, 0.15) is 48.6 Å². The Morgan fingerprint density at radius 3 is 2.94 bits per heavy atom. The molecule has 2 N–H and O–H groups in total. The molecule has 0 aliphatic heterocycles. The Morgan fingerprint density at radius 2 is 2.25 bits per heavy atom. The highest BCUT2D eigenvalue weighted by atomic mass is 16.4. The van der Waals surface area contributed by atoms with E-state index in [1.165, 1.54) is 29.8 Å². The Kier molecular flexibility index (Phi) is 2.27. The van der Waals surface area contributed by atoms with Gasteiger partial charge in [-0.05, 0) is 55.6 Å².